The van der Waals surface area contributed by atoms with Crippen molar-refractivity contribution in [1.29, 1.82) is 0 Å². The molecule has 1 aliphatic carbocycles. The van der Waals surface area contributed by atoms with Crippen molar-refractivity contribution in [2.75, 3.05) is 0 Å². The van der Waals surface area contributed by atoms with Crippen molar-refractivity contribution in [1.82, 2.24) is 14.9 Å². The van der Waals surface area contributed by atoms with E-state index >= 15 is 0 Å². The zero-order chi connectivity index (χ0) is 22.2. The summed E-state index contributed by atoms with van der Waals surface area (Å²) in [4.78, 5) is 22.3. The van der Waals surface area contributed by atoms with E-state index in [2.05, 4.69) is 59.7 Å². The monoisotopic (exact) mass is 421 g/mol. The number of fused-ring (bicyclic) bond motifs is 1. The first-order chi connectivity index (χ1) is 14.9. The first-order valence-electron chi connectivity index (χ1n) is 10.3. The maximum absolute atomic E-state index is 9.10. The Balaban J connectivity index is 0.000000401. The number of carboxylic acids is 2. The number of carboxylic acid groups (broad SMARTS) is 2. The largest absolute Gasteiger partial charge is 0.473 e. The molecule has 0 amide bonds. The minimum atomic E-state index is -1.82. The molecule has 0 fully saturated rings. The first kappa shape index (κ1) is 22.2. The number of nitrogens with one attached hydrogen (secondary N) is 1. The van der Waals surface area contributed by atoms with E-state index in [1.807, 2.05) is 17.1 Å². The molecule has 1 aliphatic rings. The van der Waals surface area contributed by atoms with Crippen molar-refractivity contribution in [3.63, 3.8) is 0 Å². The molecule has 2 aromatic carbocycles. The quantitative estimate of drug-likeness (QED) is 0.542. The number of hydrogen-bond donors (Lipinski definition) is 3. The standard InChI is InChI=1S/C22H25N3.C2H2O4/c1-17(20-9-8-19-4-2-3-5-21(19)14-20)24-15-18-6-10-22(11-7-18)25-13-12-23-16-25;3-1(4)2(5)6/h6-14,16-17,24H,2-5,15H2,1H3;(H,3,4)(H,5,6). The van der Waals surface area contributed by atoms with Crippen LogP contribution in [-0.4, -0.2) is 31.7 Å². The van der Waals surface area contributed by atoms with Gasteiger partial charge in [-0.05, 0) is 67.0 Å². The third-order valence-electron chi connectivity index (χ3n) is 5.41. The van der Waals surface area contributed by atoms with E-state index in [4.69, 9.17) is 19.8 Å². The second kappa shape index (κ2) is 10.5. The average Bonchev–Trinajstić information content (AvgIpc) is 3.33. The zero-order valence-corrected chi connectivity index (χ0v) is 17.5. The number of hydrogen-bond acceptors (Lipinski definition) is 4. The highest BCUT2D eigenvalue weighted by Crippen LogP contribution is 2.25. The highest BCUT2D eigenvalue weighted by atomic mass is 16.4. The highest BCUT2D eigenvalue weighted by Gasteiger charge is 2.12. The smallest absolute Gasteiger partial charge is 0.414 e. The van der Waals surface area contributed by atoms with Crippen LogP contribution in [0.1, 0.15) is 48.1 Å². The second-order valence-electron chi connectivity index (χ2n) is 7.58. The van der Waals surface area contributed by atoms with Gasteiger partial charge in [0.2, 0.25) is 0 Å². The molecule has 0 spiro atoms. The van der Waals surface area contributed by atoms with Crippen molar-refractivity contribution in [2.45, 2.75) is 45.2 Å². The Hall–Kier alpha value is -3.45. The lowest BCUT2D eigenvalue weighted by Crippen LogP contribution is -2.18. The van der Waals surface area contributed by atoms with E-state index in [0.29, 0.717) is 6.04 Å². The van der Waals surface area contributed by atoms with E-state index < -0.39 is 11.9 Å². The number of benzene rings is 2. The summed E-state index contributed by atoms with van der Waals surface area (Å²) in [7, 11) is 0. The Morgan fingerprint density at radius 2 is 1.71 bits per heavy atom. The predicted octanol–water partition coefficient (Wildman–Crippen LogP) is 3.76. The number of aryl methyl sites for hydroxylation is 2. The maximum atomic E-state index is 9.10. The zero-order valence-electron chi connectivity index (χ0n) is 17.5. The van der Waals surface area contributed by atoms with Gasteiger partial charge < -0.3 is 20.1 Å². The summed E-state index contributed by atoms with van der Waals surface area (Å²) < 4.78 is 2.02. The molecule has 7 nitrogen and oxygen atoms in total. The number of imidazole rings is 1. The van der Waals surface area contributed by atoms with Gasteiger partial charge in [0.05, 0.1) is 6.33 Å². The molecule has 0 bridgehead atoms. The Labute approximate surface area is 181 Å². The van der Waals surface area contributed by atoms with E-state index in [1.54, 1.807) is 17.3 Å². The van der Waals surface area contributed by atoms with Crippen LogP contribution >= 0.6 is 0 Å². The van der Waals surface area contributed by atoms with E-state index in [0.717, 1.165) is 12.2 Å². The Kier molecular flexibility index (Phi) is 7.56. The van der Waals surface area contributed by atoms with Crippen molar-refractivity contribution < 1.29 is 19.8 Å². The lowest BCUT2D eigenvalue weighted by Gasteiger charge is -2.20. The third-order valence-corrected chi connectivity index (χ3v) is 5.41. The third kappa shape index (κ3) is 6.26. The molecule has 0 saturated carbocycles. The van der Waals surface area contributed by atoms with Crippen LogP contribution in [0.4, 0.5) is 0 Å². The van der Waals surface area contributed by atoms with Gasteiger partial charge in [-0.15, -0.1) is 0 Å². The molecule has 0 aliphatic heterocycles. The van der Waals surface area contributed by atoms with Crippen LogP contribution < -0.4 is 5.32 Å². The van der Waals surface area contributed by atoms with Gasteiger partial charge in [0.25, 0.3) is 0 Å². The van der Waals surface area contributed by atoms with E-state index in [-0.39, 0.29) is 0 Å². The molecule has 0 radical (unpaired) electrons. The minimum absolute atomic E-state index is 0.362. The lowest BCUT2D eigenvalue weighted by molar-refractivity contribution is -0.159. The SMILES string of the molecule is CC(NCc1ccc(-n2ccnc2)cc1)c1ccc2c(c1)CCCC2.O=C(O)C(=O)O. The minimum Gasteiger partial charge on any atom is -0.473 e. The van der Waals surface area contributed by atoms with E-state index in [9.17, 15) is 0 Å². The first-order valence-corrected chi connectivity index (χ1v) is 10.3. The fourth-order valence-corrected chi connectivity index (χ4v) is 3.61. The Morgan fingerprint density at radius 1 is 1.03 bits per heavy atom. The van der Waals surface area contributed by atoms with Gasteiger partial charge in [-0.1, -0.05) is 30.3 Å². The summed E-state index contributed by atoms with van der Waals surface area (Å²) in [6, 6.07) is 16.1. The fraction of sp³-hybridized carbons (Fsp3) is 0.292. The van der Waals surface area contributed by atoms with Crippen LogP contribution in [0.25, 0.3) is 5.69 Å². The summed E-state index contributed by atoms with van der Waals surface area (Å²) >= 11 is 0. The molecular weight excluding hydrogens is 394 g/mol. The molecule has 7 heteroatoms. The summed E-state index contributed by atoms with van der Waals surface area (Å²) in [5.74, 6) is -3.65. The lowest BCUT2D eigenvalue weighted by atomic mass is 9.89. The van der Waals surface area contributed by atoms with Gasteiger partial charge in [0.15, 0.2) is 0 Å². The molecule has 4 rings (SSSR count). The molecule has 3 aromatic rings. The van der Waals surface area contributed by atoms with Crippen LogP contribution in [0.15, 0.2) is 61.2 Å². The molecule has 0 saturated heterocycles. The maximum Gasteiger partial charge on any atom is 0.414 e. The highest BCUT2D eigenvalue weighted by molar-refractivity contribution is 6.27. The summed E-state index contributed by atoms with van der Waals surface area (Å²) in [5, 5.41) is 18.4. The fourth-order valence-electron chi connectivity index (χ4n) is 3.61. The number of aliphatic carboxylic acids is 2. The van der Waals surface area contributed by atoms with Crippen LogP contribution in [-0.2, 0) is 29.0 Å². The number of nitrogens with zero attached hydrogens (tertiary/aromatic N) is 2. The Bertz CT molecular complexity index is 1000. The van der Waals surface area contributed by atoms with Gasteiger partial charge >= 0.3 is 11.9 Å². The molecule has 162 valence electrons. The van der Waals surface area contributed by atoms with Crippen LogP contribution in [0.5, 0.6) is 0 Å². The Morgan fingerprint density at radius 3 is 2.32 bits per heavy atom. The molecule has 1 unspecified atom stereocenters. The number of aromatic nitrogens is 2. The van der Waals surface area contributed by atoms with Gasteiger partial charge in [-0.3, -0.25) is 0 Å². The normalized spacial score (nSPS) is 13.5. The summed E-state index contributed by atoms with van der Waals surface area (Å²) in [5.41, 5.74) is 6.95. The topological polar surface area (TPSA) is 104 Å². The van der Waals surface area contributed by atoms with Crippen molar-refractivity contribution in [3.05, 3.63) is 83.4 Å². The molecule has 3 N–H and O–H groups in total. The van der Waals surface area contributed by atoms with Crippen LogP contribution in [0.3, 0.4) is 0 Å². The van der Waals surface area contributed by atoms with E-state index in [1.165, 1.54) is 36.8 Å². The van der Waals surface area contributed by atoms with Crippen molar-refractivity contribution in [3.8, 4) is 5.69 Å². The molecule has 1 atom stereocenters. The van der Waals surface area contributed by atoms with Gasteiger partial charge in [0.1, 0.15) is 0 Å². The van der Waals surface area contributed by atoms with Crippen molar-refractivity contribution >= 4 is 11.9 Å². The molecular formula is C24H27N3O4. The van der Waals surface area contributed by atoms with Crippen molar-refractivity contribution in [2.24, 2.45) is 0 Å². The average molecular weight is 421 g/mol. The molecule has 1 aromatic heterocycles. The summed E-state index contributed by atoms with van der Waals surface area (Å²) in [6.45, 7) is 3.13. The van der Waals surface area contributed by atoms with Crippen LogP contribution in [0, 0.1) is 0 Å². The number of carbonyl (C=O) groups is 2. The van der Waals surface area contributed by atoms with Gasteiger partial charge in [0, 0.05) is 30.7 Å². The molecule has 1 heterocycles. The predicted molar refractivity (Wildman–Crippen MR) is 117 cm³/mol. The second-order valence-corrected chi connectivity index (χ2v) is 7.58. The van der Waals surface area contributed by atoms with Gasteiger partial charge in [-0.25, -0.2) is 14.6 Å². The summed E-state index contributed by atoms with van der Waals surface area (Å²) in [6.07, 6.45) is 10.8. The molecule has 31 heavy (non-hydrogen) atoms. The van der Waals surface area contributed by atoms with Crippen LogP contribution in [0.2, 0.25) is 0 Å². The number of rotatable bonds is 5. The van der Waals surface area contributed by atoms with Gasteiger partial charge in [-0.2, -0.15) is 0 Å².